The average Bonchev–Trinajstić information content (AvgIpc) is 2.56. The summed E-state index contributed by atoms with van der Waals surface area (Å²) in [5, 5.41) is 3.19. The summed E-state index contributed by atoms with van der Waals surface area (Å²) in [7, 11) is 2.96. The Balaban J connectivity index is 2.95. The molecule has 134 valence electrons. The second-order valence-electron chi connectivity index (χ2n) is 5.32. The van der Waals surface area contributed by atoms with Crippen molar-refractivity contribution in [2.45, 2.75) is 33.1 Å². The number of halogens is 1. The molecule has 1 rings (SSSR count). The summed E-state index contributed by atoms with van der Waals surface area (Å²) in [6.07, 6.45) is 3.05. The van der Waals surface area contributed by atoms with Gasteiger partial charge in [0.2, 0.25) is 11.8 Å². The van der Waals surface area contributed by atoms with E-state index in [0.717, 1.165) is 19.3 Å². The molecule has 0 atom stereocenters. The van der Waals surface area contributed by atoms with Crippen LogP contribution in [0.1, 0.15) is 33.1 Å². The monoisotopic (exact) mass is 356 g/mol. The Bertz CT molecular complexity index is 578. The third-order valence-corrected chi connectivity index (χ3v) is 3.82. The van der Waals surface area contributed by atoms with Crippen molar-refractivity contribution in [2.75, 3.05) is 32.2 Å². The highest BCUT2D eigenvalue weighted by atomic mass is 35.5. The summed E-state index contributed by atoms with van der Waals surface area (Å²) >= 11 is 6.08. The van der Waals surface area contributed by atoms with Crippen molar-refractivity contribution in [3.8, 4) is 11.5 Å². The maximum Gasteiger partial charge on any atom is 0.240 e. The molecule has 0 bridgehead atoms. The van der Waals surface area contributed by atoms with Crippen molar-refractivity contribution in [1.82, 2.24) is 5.32 Å². The van der Waals surface area contributed by atoms with Gasteiger partial charge in [0, 0.05) is 25.6 Å². The number of benzene rings is 1. The highest BCUT2D eigenvalue weighted by molar-refractivity contribution is 6.32. The minimum Gasteiger partial charge on any atom is -0.495 e. The van der Waals surface area contributed by atoms with Gasteiger partial charge < -0.3 is 14.8 Å². The van der Waals surface area contributed by atoms with Crippen LogP contribution < -0.4 is 19.7 Å². The van der Waals surface area contributed by atoms with E-state index >= 15 is 0 Å². The first-order valence-corrected chi connectivity index (χ1v) is 8.28. The van der Waals surface area contributed by atoms with Crippen LogP contribution in [0.25, 0.3) is 0 Å². The number of nitrogens with one attached hydrogen (secondary N) is 1. The van der Waals surface area contributed by atoms with Crippen LogP contribution in [0.5, 0.6) is 11.5 Å². The van der Waals surface area contributed by atoms with Gasteiger partial charge in [0.1, 0.15) is 18.0 Å². The second kappa shape index (κ2) is 10.0. The molecular formula is C17H25ClN2O4. The molecule has 0 spiro atoms. The lowest BCUT2D eigenvalue weighted by atomic mass is 10.2. The Hall–Kier alpha value is -1.95. The Morgan fingerprint density at radius 1 is 1.17 bits per heavy atom. The minimum atomic E-state index is -0.276. The molecule has 0 unspecified atom stereocenters. The first-order valence-electron chi connectivity index (χ1n) is 7.90. The zero-order valence-corrected chi connectivity index (χ0v) is 15.4. The fourth-order valence-electron chi connectivity index (χ4n) is 2.22. The summed E-state index contributed by atoms with van der Waals surface area (Å²) in [5.74, 6) is 0.301. The molecule has 2 amide bonds. The SMILES string of the molecule is CCCCCNC(=O)CN(C(C)=O)c1cc(OC)c(Cl)cc1OC. The number of unbranched alkanes of at least 4 members (excludes halogenated alkanes) is 2. The number of amides is 2. The Labute approximate surface area is 148 Å². The lowest BCUT2D eigenvalue weighted by molar-refractivity contribution is -0.123. The molecule has 6 nitrogen and oxygen atoms in total. The highest BCUT2D eigenvalue weighted by Crippen LogP contribution is 2.38. The van der Waals surface area contributed by atoms with Gasteiger partial charge in [-0.05, 0) is 6.42 Å². The summed E-state index contributed by atoms with van der Waals surface area (Å²) < 4.78 is 10.5. The predicted octanol–water partition coefficient (Wildman–Crippen LogP) is 3.02. The van der Waals surface area contributed by atoms with Gasteiger partial charge in [-0.15, -0.1) is 0 Å². The third kappa shape index (κ3) is 5.60. The fraction of sp³-hybridized carbons (Fsp3) is 0.529. The summed E-state index contributed by atoms with van der Waals surface area (Å²) in [6.45, 7) is 3.99. The molecule has 0 aromatic heterocycles. The van der Waals surface area contributed by atoms with E-state index in [4.69, 9.17) is 21.1 Å². The fourth-order valence-corrected chi connectivity index (χ4v) is 2.45. The van der Waals surface area contributed by atoms with Gasteiger partial charge in [0.05, 0.1) is 24.9 Å². The number of hydrogen-bond acceptors (Lipinski definition) is 4. The van der Waals surface area contributed by atoms with Crippen LogP contribution in [0.2, 0.25) is 5.02 Å². The van der Waals surface area contributed by atoms with Gasteiger partial charge in [-0.1, -0.05) is 31.4 Å². The Kier molecular flexibility index (Phi) is 8.40. The molecule has 1 N–H and O–H groups in total. The average molecular weight is 357 g/mol. The van der Waals surface area contributed by atoms with Crippen molar-refractivity contribution >= 4 is 29.1 Å². The molecule has 1 aromatic rings. The van der Waals surface area contributed by atoms with Gasteiger partial charge in [-0.25, -0.2) is 0 Å². The summed E-state index contributed by atoms with van der Waals surface area (Å²) in [4.78, 5) is 25.5. The van der Waals surface area contributed by atoms with Gasteiger partial charge in [-0.2, -0.15) is 0 Å². The number of anilines is 1. The molecule has 0 aliphatic carbocycles. The van der Waals surface area contributed by atoms with Gasteiger partial charge >= 0.3 is 0 Å². The molecule has 0 saturated carbocycles. The van der Waals surface area contributed by atoms with Gasteiger partial charge in [-0.3, -0.25) is 14.5 Å². The van der Waals surface area contributed by atoms with Crippen molar-refractivity contribution in [3.05, 3.63) is 17.2 Å². The van der Waals surface area contributed by atoms with Gasteiger partial charge in [0.15, 0.2) is 0 Å². The largest absolute Gasteiger partial charge is 0.495 e. The van der Waals surface area contributed by atoms with E-state index in [0.29, 0.717) is 28.8 Å². The summed E-state index contributed by atoms with van der Waals surface area (Å²) in [6, 6.07) is 3.15. The van der Waals surface area contributed by atoms with E-state index in [2.05, 4.69) is 12.2 Å². The molecule has 0 heterocycles. The first kappa shape index (κ1) is 20.1. The van der Waals surface area contributed by atoms with Crippen molar-refractivity contribution < 1.29 is 19.1 Å². The highest BCUT2D eigenvalue weighted by Gasteiger charge is 2.21. The lowest BCUT2D eigenvalue weighted by Gasteiger charge is -2.23. The number of methoxy groups -OCH3 is 2. The van der Waals surface area contributed by atoms with Crippen LogP contribution in [0.3, 0.4) is 0 Å². The van der Waals surface area contributed by atoms with E-state index in [-0.39, 0.29) is 18.4 Å². The van der Waals surface area contributed by atoms with Crippen molar-refractivity contribution in [1.29, 1.82) is 0 Å². The van der Waals surface area contributed by atoms with Crippen LogP contribution in [0.15, 0.2) is 12.1 Å². The van der Waals surface area contributed by atoms with Crippen LogP contribution in [0, 0.1) is 0 Å². The first-order chi connectivity index (χ1) is 11.4. The van der Waals surface area contributed by atoms with Crippen LogP contribution in [-0.2, 0) is 9.59 Å². The summed E-state index contributed by atoms with van der Waals surface area (Å²) in [5.41, 5.74) is 0.440. The quantitative estimate of drug-likeness (QED) is 0.690. The molecule has 1 aromatic carbocycles. The lowest BCUT2D eigenvalue weighted by Crippen LogP contribution is -2.40. The molecule has 0 saturated heterocycles. The van der Waals surface area contributed by atoms with Crippen LogP contribution >= 0.6 is 11.6 Å². The molecule has 0 aliphatic rings. The smallest absolute Gasteiger partial charge is 0.240 e. The van der Waals surface area contributed by atoms with E-state index in [1.165, 1.54) is 26.0 Å². The second-order valence-corrected chi connectivity index (χ2v) is 5.73. The molecule has 7 heteroatoms. The number of rotatable bonds is 9. The maximum atomic E-state index is 12.1. The molecule has 0 aliphatic heterocycles. The Morgan fingerprint density at radius 2 is 1.83 bits per heavy atom. The number of ether oxygens (including phenoxy) is 2. The van der Waals surface area contributed by atoms with E-state index in [1.807, 2.05) is 0 Å². The van der Waals surface area contributed by atoms with Crippen LogP contribution in [0.4, 0.5) is 5.69 Å². The van der Waals surface area contributed by atoms with Crippen molar-refractivity contribution in [3.63, 3.8) is 0 Å². The zero-order valence-electron chi connectivity index (χ0n) is 14.6. The van der Waals surface area contributed by atoms with E-state index in [1.54, 1.807) is 12.1 Å². The zero-order chi connectivity index (χ0) is 18.1. The molecule has 24 heavy (non-hydrogen) atoms. The maximum absolute atomic E-state index is 12.1. The molecule has 0 radical (unpaired) electrons. The number of nitrogens with zero attached hydrogens (tertiary/aromatic N) is 1. The van der Waals surface area contributed by atoms with E-state index < -0.39 is 0 Å². The van der Waals surface area contributed by atoms with Gasteiger partial charge in [0.25, 0.3) is 0 Å². The number of carbonyl (C=O) groups excluding carboxylic acids is 2. The van der Waals surface area contributed by atoms with Crippen LogP contribution in [-0.4, -0.2) is 39.1 Å². The number of carbonyl (C=O) groups is 2. The van der Waals surface area contributed by atoms with Crippen molar-refractivity contribution in [2.24, 2.45) is 0 Å². The van der Waals surface area contributed by atoms with E-state index in [9.17, 15) is 9.59 Å². The molecular weight excluding hydrogens is 332 g/mol. The normalized spacial score (nSPS) is 10.2. The number of hydrogen-bond donors (Lipinski definition) is 1. The molecule has 0 fully saturated rings. The topological polar surface area (TPSA) is 67.9 Å². The third-order valence-electron chi connectivity index (χ3n) is 3.53. The predicted molar refractivity (Wildman–Crippen MR) is 95.1 cm³/mol. The Morgan fingerprint density at radius 3 is 2.38 bits per heavy atom. The minimum absolute atomic E-state index is 0.0946. The standard InChI is InChI=1S/C17H25ClN2O4/c1-5-6-7-8-19-17(22)11-20(12(2)21)14-10-15(23-3)13(18)9-16(14)24-4/h9-10H,5-8,11H2,1-4H3,(H,19,22).